The van der Waals surface area contributed by atoms with E-state index in [0.717, 1.165) is 50.9 Å². The first-order chi connectivity index (χ1) is 22.7. The first-order valence-corrected chi connectivity index (χ1v) is 15.5. The number of aromatic nitrogens is 2. The van der Waals surface area contributed by atoms with Gasteiger partial charge in [-0.1, -0.05) is 115 Å². The summed E-state index contributed by atoms with van der Waals surface area (Å²) >= 11 is 0. The van der Waals surface area contributed by atoms with Crippen molar-refractivity contribution in [2.75, 3.05) is 0 Å². The van der Waals surface area contributed by atoms with E-state index in [1.807, 2.05) is 73.1 Å². The van der Waals surface area contributed by atoms with Crippen LogP contribution in [0.25, 0.3) is 44.5 Å². The largest absolute Gasteiger partial charge is 0.501 e. The normalized spacial score (nSPS) is 11.3. The van der Waals surface area contributed by atoms with Crippen LogP contribution < -0.4 is 0 Å². The Bertz CT molecular complexity index is 2200. The molecule has 0 bridgehead atoms. The fourth-order valence-corrected chi connectivity index (χ4v) is 5.79. The Balaban J connectivity index is 0.000000167. The van der Waals surface area contributed by atoms with Crippen LogP contribution >= 0.6 is 0 Å². The molecule has 0 aliphatic carbocycles. The molecule has 3 nitrogen and oxygen atoms in total. The Morgan fingerprint density at radius 3 is 2.13 bits per heavy atom. The van der Waals surface area contributed by atoms with Crippen LogP contribution in [0.15, 0.2) is 162 Å². The van der Waals surface area contributed by atoms with Gasteiger partial charge in [-0.3, -0.25) is 0 Å². The first-order valence-electron chi connectivity index (χ1n) is 15.5. The minimum Gasteiger partial charge on any atom is -0.501 e. The molecule has 1 atom stereocenters. The smallest absolute Gasteiger partial charge is 0.120 e. The summed E-state index contributed by atoms with van der Waals surface area (Å²) in [6, 6.07) is 56.2. The number of hydrogen-bond donors (Lipinski definition) is 0. The van der Waals surface area contributed by atoms with Crippen LogP contribution in [0.1, 0.15) is 35.1 Å². The second-order valence-corrected chi connectivity index (χ2v) is 11.3. The summed E-state index contributed by atoms with van der Waals surface area (Å²) in [5, 5.41) is 2.22. The standard InChI is InChI=1S/C24H16NO.C19H16N.Ir/c1-2-7-17(8-3-1)15-18-13-14-25-22(16-18)21-11-6-10-20-19-9-4-5-12-23(19)26-24(20)21;1-15(16-8-3-2-4-9-16)17-10-7-11-18(14-17)19-12-5-6-13-20-19;/h1-10,12-14,16H,15H2;2-10,12-15H,1H3;/q2*-1;. The molecule has 47 heavy (non-hydrogen) atoms. The van der Waals surface area contributed by atoms with Gasteiger partial charge in [0.25, 0.3) is 0 Å². The zero-order valence-corrected chi connectivity index (χ0v) is 28.3. The quantitative estimate of drug-likeness (QED) is 0.158. The van der Waals surface area contributed by atoms with Gasteiger partial charge in [-0.15, -0.1) is 53.6 Å². The van der Waals surface area contributed by atoms with E-state index < -0.39 is 0 Å². The van der Waals surface area contributed by atoms with Crippen LogP contribution in [-0.4, -0.2) is 9.97 Å². The van der Waals surface area contributed by atoms with Gasteiger partial charge in [-0.05, 0) is 58.6 Å². The number of nitrogens with zero attached hydrogens (tertiary/aromatic N) is 2. The molecule has 3 heterocycles. The number of hydrogen-bond acceptors (Lipinski definition) is 3. The van der Waals surface area contributed by atoms with Crippen molar-refractivity contribution in [2.24, 2.45) is 0 Å². The maximum Gasteiger partial charge on any atom is 0.120 e. The van der Waals surface area contributed by atoms with Crippen LogP contribution in [0.3, 0.4) is 0 Å². The van der Waals surface area contributed by atoms with Crippen LogP contribution in [0.5, 0.6) is 0 Å². The predicted molar refractivity (Wildman–Crippen MR) is 188 cm³/mol. The Morgan fingerprint density at radius 1 is 0.596 bits per heavy atom. The molecule has 0 saturated heterocycles. The van der Waals surface area contributed by atoms with Gasteiger partial charge in [-0.25, -0.2) is 0 Å². The van der Waals surface area contributed by atoms with Crippen molar-refractivity contribution in [1.29, 1.82) is 0 Å². The zero-order valence-electron chi connectivity index (χ0n) is 25.9. The molecule has 3 aromatic heterocycles. The average Bonchev–Trinajstić information content (AvgIpc) is 3.52. The second-order valence-electron chi connectivity index (χ2n) is 11.3. The summed E-state index contributed by atoms with van der Waals surface area (Å²) in [5.41, 5.74) is 10.7. The molecular weight excluding hydrogens is 753 g/mol. The van der Waals surface area contributed by atoms with Gasteiger partial charge < -0.3 is 14.4 Å². The van der Waals surface area contributed by atoms with E-state index in [4.69, 9.17) is 4.42 Å². The monoisotopic (exact) mass is 785 g/mol. The Labute approximate surface area is 289 Å². The van der Waals surface area contributed by atoms with Gasteiger partial charge in [0, 0.05) is 37.9 Å². The Morgan fingerprint density at radius 2 is 1.32 bits per heavy atom. The van der Waals surface area contributed by atoms with Crippen molar-refractivity contribution in [3.8, 4) is 22.5 Å². The Kier molecular flexibility index (Phi) is 10.1. The van der Waals surface area contributed by atoms with Crippen molar-refractivity contribution in [2.45, 2.75) is 19.3 Å². The number of rotatable bonds is 6. The second kappa shape index (κ2) is 15.0. The SMILES string of the molecule is CC(c1ccccc1)c1cc[c-]c(-c2ccccn2)c1.[Ir].[c-]1ccc2c(oc3ccccc32)c1-c1cc(Cc2ccccc2)ccn1. The summed E-state index contributed by atoms with van der Waals surface area (Å²) in [4.78, 5) is 8.97. The van der Waals surface area contributed by atoms with Gasteiger partial charge in [0.2, 0.25) is 0 Å². The summed E-state index contributed by atoms with van der Waals surface area (Å²) in [6.07, 6.45) is 4.56. The fraction of sp³-hybridized carbons (Fsp3) is 0.0698. The maximum atomic E-state index is 6.12. The topological polar surface area (TPSA) is 38.9 Å². The first kappa shape index (κ1) is 31.8. The molecule has 1 radical (unpaired) electrons. The predicted octanol–water partition coefficient (Wildman–Crippen LogP) is 10.7. The van der Waals surface area contributed by atoms with Crippen LogP contribution in [0.2, 0.25) is 0 Å². The van der Waals surface area contributed by atoms with Gasteiger partial charge in [-0.2, -0.15) is 0 Å². The van der Waals surface area contributed by atoms with Crippen molar-refractivity contribution >= 4 is 21.9 Å². The molecular formula is C43H32IrN2O-2. The van der Waals surface area contributed by atoms with Crippen LogP contribution in [-0.2, 0) is 26.5 Å². The van der Waals surface area contributed by atoms with Gasteiger partial charge in [0.15, 0.2) is 0 Å². The van der Waals surface area contributed by atoms with E-state index in [9.17, 15) is 0 Å². The summed E-state index contributed by atoms with van der Waals surface area (Å²) < 4.78 is 6.12. The molecule has 0 aliphatic rings. The summed E-state index contributed by atoms with van der Waals surface area (Å²) in [6.45, 7) is 2.23. The number of furan rings is 1. The van der Waals surface area contributed by atoms with Crippen molar-refractivity contribution in [3.05, 3.63) is 192 Å². The van der Waals surface area contributed by atoms with E-state index in [1.54, 1.807) is 0 Å². The molecule has 5 aromatic carbocycles. The van der Waals surface area contributed by atoms with E-state index in [1.165, 1.54) is 22.3 Å². The zero-order chi connectivity index (χ0) is 31.1. The van der Waals surface area contributed by atoms with E-state index in [-0.39, 0.29) is 20.1 Å². The van der Waals surface area contributed by atoms with Crippen molar-refractivity contribution in [1.82, 2.24) is 9.97 Å². The molecule has 0 saturated carbocycles. The van der Waals surface area contributed by atoms with E-state index >= 15 is 0 Å². The van der Waals surface area contributed by atoms with Gasteiger partial charge >= 0.3 is 0 Å². The third kappa shape index (κ3) is 7.31. The molecule has 0 aliphatic heterocycles. The third-order valence-electron chi connectivity index (χ3n) is 8.24. The van der Waals surface area contributed by atoms with E-state index in [0.29, 0.717) is 5.92 Å². The fourth-order valence-electron chi connectivity index (χ4n) is 5.79. The molecule has 0 N–H and O–H groups in total. The maximum absolute atomic E-state index is 6.12. The van der Waals surface area contributed by atoms with Crippen molar-refractivity contribution < 1.29 is 24.5 Å². The number of fused-ring (bicyclic) bond motifs is 3. The Hall–Kier alpha value is -5.15. The molecule has 8 rings (SSSR count). The van der Waals surface area contributed by atoms with Gasteiger partial charge in [0.1, 0.15) is 5.58 Å². The minimum atomic E-state index is 0. The number of benzene rings is 5. The third-order valence-corrected chi connectivity index (χ3v) is 8.24. The molecule has 8 aromatic rings. The summed E-state index contributed by atoms with van der Waals surface area (Å²) in [7, 11) is 0. The minimum absolute atomic E-state index is 0. The van der Waals surface area contributed by atoms with Crippen molar-refractivity contribution in [3.63, 3.8) is 0 Å². The number of para-hydroxylation sites is 1. The molecule has 0 spiro atoms. The average molecular weight is 785 g/mol. The molecule has 0 fully saturated rings. The van der Waals surface area contributed by atoms with Crippen LogP contribution in [0.4, 0.5) is 0 Å². The van der Waals surface area contributed by atoms with E-state index in [2.05, 4.69) is 114 Å². The molecule has 4 heteroatoms. The molecule has 0 amide bonds. The molecule has 231 valence electrons. The molecule has 1 unspecified atom stereocenters. The number of pyridine rings is 2. The van der Waals surface area contributed by atoms with Crippen LogP contribution in [0, 0.1) is 12.1 Å². The van der Waals surface area contributed by atoms with Gasteiger partial charge in [0.05, 0.1) is 5.58 Å². The summed E-state index contributed by atoms with van der Waals surface area (Å²) in [5.74, 6) is 0.369.